The molecule has 0 radical (unpaired) electrons. The second-order valence-electron chi connectivity index (χ2n) is 9.25. The molecule has 1 amide bonds. The predicted molar refractivity (Wildman–Crippen MR) is 103 cm³/mol. The number of hydrogen-bond acceptors (Lipinski definition) is 3. The van der Waals surface area contributed by atoms with Gasteiger partial charge in [-0.2, -0.15) is 0 Å². The lowest BCUT2D eigenvalue weighted by Gasteiger charge is -2.56. The number of halogens is 1. The van der Waals surface area contributed by atoms with Crippen molar-refractivity contribution in [1.82, 2.24) is 9.88 Å². The number of ether oxygens (including phenoxy) is 1. The van der Waals surface area contributed by atoms with Crippen molar-refractivity contribution < 1.29 is 9.53 Å². The minimum Gasteiger partial charge on any atom is -0.472 e. The van der Waals surface area contributed by atoms with Crippen LogP contribution in [0.4, 0.5) is 0 Å². The lowest BCUT2D eigenvalue weighted by Crippen LogP contribution is -2.48. The molecule has 26 heavy (non-hydrogen) atoms. The van der Waals surface area contributed by atoms with Crippen molar-refractivity contribution in [2.75, 3.05) is 13.1 Å². The Morgan fingerprint density at radius 3 is 2.58 bits per heavy atom. The summed E-state index contributed by atoms with van der Waals surface area (Å²) < 4.78 is 6.90. The number of rotatable bonds is 4. The van der Waals surface area contributed by atoms with Crippen LogP contribution in [0.5, 0.6) is 5.88 Å². The maximum atomic E-state index is 13.0. The van der Waals surface area contributed by atoms with Gasteiger partial charge in [-0.1, -0.05) is 0 Å². The van der Waals surface area contributed by atoms with E-state index in [1.54, 1.807) is 6.20 Å². The summed E-state index contributed by atoms with van der Waals surface area (Å²) in [5.41, 5.74) is 0.328. The van der Waals surface area contributed by atoms with Crippen LogP contribution in [0, 0.1) is 23.2 Å². The average Bonchev–Trinajstić information content (AvgIpc) is 3.04. The molecule has 0 spiro atoms. The Morgan fingerprint density at radius 1 is 1.23 bits per heavy atom. The molecule has 4 saturated carbocycles. The van der Waals surface area contributed by atoms with Crippen molar-refractivity contribution in [2.24, 2.45) is 23.2 Å². The molecule has 1 aromatic heterocycles. The number of aromatic nitrogens is 1. The van der Waals surface area contributed by atoms with Crippen LogP contribution in [0.15, 0.2) is 22.8 Å². The van der Waals surface area contributed by atoms with Crippen molar-refractivity contribution in [3.8, 4) is 5.88 Å². The molecule has 140 valence electrons. The highest BCUT2D eigenvalue weighted by Crippen LogP contribution is 2.61. The van der Waals surface area contributed by atoms with Crippen LogP contribution in [-0.2, 0) is 4.79 Å². The summed E-state index contributed by atoms with van der Waals surface area (Å²) >= 11 is 3.48. The van der Waals surface area contributed by atoms with Gasteiger partial charge >= 0.3 is 0 Å². The maximum absolute atomic E-state index is 13.0. The highest BCUT2D eigenvalue weighted by Gasteiger charge is 2.52. The van der Waals surface area contributed by atoms with Crippen LogP contribution in [-0.4, -0.2) is 35.0 Å². The normalized spacial score (nSPS) is 38.0. The Hall–Kier alpha value is -1.10. The fourth-order valence-electron chi connectivity index (χ4n) is 6.61. The molecule has 2 heterocycles. The van der Waals surface area contributed by atoms with E-state index in [1.165, 1.54) is 38.5 Å². The van der Waals surface area contributed by atoms with Gasteiger partial charge in [0, 0.05) is 25.6 Å². The molecule has 1 aliphatic heterocycles. The summed E-state index contributed by atoms with van der Waals surface area (Å²) in [5.74, 6) is 3.71. The van der Waals surface area contributed by atoms with E-state index in [1.807, 2.05) is 17.0 Å². The zero-order valence-electron chi connectivity index (χ0n) is 15.2. The summed E-state index contributed by atoms with van der Waals surface area (Å²) in [6.07, 6.45) is 11.7. The van der Waals surface area contributed by atoms with Crippen molar-refractivity contribution in [3.63, 3.8) is 0 Å². The zero-order chi connectivity index (χ0) is 17.7. The Kier molecular flexibility index (Phi) is 4.26. The fourth-order valence-corrected chi connectivity index (χ4v) is 6.95. The second-order valence-corrected chi connectivity index (χ2v) is 10.1. The minimum atomic E-state index is 0.0570. The molecular formula is C21H27BrN2O2. The molecular weight excluding hydrogens is 392 g/mol. The number of pyridine rings is 1. The summed E-state index contributed by atoms with van der Waals surface area (Å²) in [5, 5.41) is 0. The summed E-state index contributed by atoms with van der Waals surface area (Å²) in [6.45, 7) is 1.52. The molecule has 1 unspecified atom stereocenters. The van der Waals surface area contributed by atoms with Gasteiger partial charge in [0.2, 0.25) is 11.8 Å². The van der Waals surface area contributed by atoms with E-state index in [0.29, 0.717) is 23.7 Å². The number of likely N-dealkylation sites (tertiary alicyclic amines) is 1. The van der Waals surface area contributed by atoms with Crippen LogP contribution in [0.25, 0.3) is 0 Å². The minimum absolute atomic E-state index is 0.0570. The first-order chi connectivity index (χ1) is 12.6. The molecule has 4 nitrogen and oxygen atoms in total. The van der Waals surface area contributed by atoms with E-state index in [0.717, 1.165) is 41.6 Å². The number of amides is 1. The van der Waals surface area contributed by atoms with Gasteiger partial charge < -0.3 is 9.64 Å². The predicted octanol–water partition coefficient (Wildman–Crippen LogP) is 4.43. The van der Waals surface area contributed by atoms with Gasteiger partial charge in [-0.15, -0.1) is 0 Å². The zero-order valence-corrected chi connectivity index (χ0v) is 16.8. The third-order valence-electron chi connectivity index (χ3n) is 7.19. The molecule has 4 bridgehead atoms. The lowest BCUT2D eigenvalue weighted by molar-refractivity contribution is -0.138. The molecule has 1 saturated heterocycles. The first-order valence-electron chi connectivity index (χ1n) is 10.1. The summed E-state index contributed by atoms with van der Waals surface area (Å²) in [6, 6.07) is 3.82. The van der Waals surface area contributed by atoms with Crippen molar-refractivity contribution in [2.45, 2.75) is 57.5 Å². The van der Waals surface area contributed by atoms with Crippen LogP contribution >= 0.6 is 15.9 Å². The van der Waals surface area contributed by atoms with Crippen molar-refractivity contribution >= 4 is 21.8 Å². The molecule has 6 rings (SSSR count). The first-order valence-corrected chi connectivity index (χ1v) is 10.9. The second kappa shape index (κ2) is 6.50. The maximum Gasteiger partial charge on any atom is 0.228 e. The molecule has 4 aliphatic carbocycles. The molecule has 1 atom stereocenters. The van der Waals surface area contributed by atoms with Gasteiger partial charge in [-0.05, 0) is 89.8 Å². The van der Waals surface area contributed by atoms with Gasteiger partial charge in [-0.25, -0.2) is 4.98 Å². The lowest BCUT2D eigenvalue weighted by atomic mass is 9.49. The van der Waals surface area contributed by atoms with Crippen LogP contribution in [0.2, 0.25) is 0 Å². The van der Waals surface area contributed by atoms with E-state index < -0.39 is 0 Å². The smallest absolute Gasteiger partial charge is 0.228 e. The van der Waals surface area contributed by atoms with E-state index in [-0.39, 0.29) is 6.10 Å². The Bertz CT molecular complexity index is 672. The Labute approximate surface area is 163 Å². The number of carbonyl (C=O) groups is 1. The van der Waals surface area contributed by atoms with E-state index in [4.69, 9.17) is 4.74 Å². The molecule has 5 heteroatoms. The quantitative estimate of drug-likeness (QED) is 0.725. The van der Waals surface area contributed by atoms with Crippen LogP contribution in [0.3, 0.4) is 0 Å². The Balaban J connectivity index is 1.20. The van der Waals surface area contributed by atoms with Gasteiger partial charge in [-0.3, -0.25) is 4.79 Å². The molecule has 0 N–H and O–H groups in total. The summed E-state index contributed by atoms with van der Waals surface area (Å²) in [4.78, 5) is 19.4. The topological polar surface area (TPSA) is 42.4 Å². The first kappa shape index (κ1) is 17.0. The molecule has 5 fully saturated rings. The standard InChI is InChI=1S/C21H27BrN2O2/c22-18-2-1-4-23-20(18)26-17-3-5-24(13-17)19(25)12-21-9-14-6-15(10-21)8-16(7-14)11-21/h1-2,4,14-17H,3,5-13H2. The highest BCUT2D eigenvalue weighted by molar-refractivity contribution is 9.10. The van der Waals surface area contributed by atoms with Crippen molar-refractivity contribution in [3.05, 3.63) is 22.8 Å². The summed E-state index contributed by atoms with van der Waals surface area (Å²) in [7, 11) is 0. The Morgan fingerprint density at radius 2 is 1.92 bits per heavy atom. The fraction of sp³-hybridized carbons (Fsp3) is 0.714. The molecule has 5 aliphatic rings. The van der Waals surface area contributed by atoms with Gasteiger partial charge in [0.25, 0.3) is 0 Å². The molecule has 1 aromatic rings. The van der Waals surface area contributed by atoms with Gasteiger partial charge in [0.05, 0.1) is 11.0 Å². The number of nitrogens with zero attached hydrogens (tertiary/aromatic N) is 2. The SMILES string of the molecule is O=C(CC12CC3CC(CC(C3)C1)C2)N1CCC(Oc2ncccc2Br)C1. The average molecular weight is 419 g/mol. The van der Waals surface area contributed by atoms with E-state index in [2.05, 4.69) is 20.9 Å². The van der Waals surface area contributed by atoms with Gasteiger partial charge in [0.15, 0.2) is 0 Å². The van der Waals surface area contributed by atoms with Crippen LogP contribution in [0.1, 0.15) is 51.4 Å². The monoisotopic (exact) mass is 418 g/mol. The third-order valence-corrected chi connectivity index (χ3v) is 7.80. The third kappa shape index (κ3) is 3.17. The highest BCUT2D eigenvalue weighted by atomic mass is 79.9. The van der Waals surface area contributed by atoms with E-state index >= 15 is 0 Å². The largest absolute Gasteiger partial charge is 0.472 e. The van der Waals surface area contributed by atoms with Crippen LogP contribution < -0.4 is 4.74 Å². The van der Waals surface area contributed by atoms with E-state index in [9.17, 15) is 4.79 Å². The number of carbonyl (C=O) groups excluding carboxylic acids is 1. The molecule has 0 aromatic carbocycles. The van der Waals surface area contributed by atoms with Gasteiger partial charge in [0.1, 0.15) is 6.10 Å². The number of hydrogen-bond donors (Lipinski definition) is 0. The van der Waals surface area contributed by atoms with Crippen molar-refractivity contribution in [1.29, 1.82) is 0 Å².